The van der Waals surface area contributed by atoms with Crippen molar-refractivity contribution < 1.29 is 48.2 Å². The molecular weight excluding hydrogens is 532 g/mol. The molecule has 0 fully saturated rings. The Labute approximate surface area is 241 Å². The fourth-order valence-electron chi connectivity index (χ4n) is 3.63. The van der Waals surface area contributed by atoms with Gasteiger partial charge in [-0.25, -0.2) is 9.59 Å². The maximum atomic E-state index is 11.1. The smallest absolute Gasteiger partial charge is 0.372 e. The summed E-state index contributed by atoms with van der Waals surface area (Å²) in [5.74, 6) is -1.61. The minimum absolute atomic E-state index is 0.110. The van der Waals surface area contributed by atoms with E-state index in [1.54, 1.807) is 13.8 Å². The summed E-state index contributed by atoms with van der Waals surface area (Å²) in [6.45, 7) is 14.9. The zero-order valence-corrected chi connectivity index (χ0v) is 24.1. The molecule has 2 N–H and O–H groups in total. The molecule has 2 unspecified atom stereocenters. The molecule has 0 radical (unpaired) electrons. The lowest BCUT2D eigenvalue weighted by molar-refractivity contribution is -0.143. The molecule has 0 heterocycles. The van der Waals surface area contributed by atoms with Crippen LogP contribution in [0.5, 0.6) is 11.5 Å². The van der Waals surface area contributed by atoms with E-state index in [2.05, 4.69) is 27.0 Å². The second-order valence-corrected chi connectivity index (χ2v) is 9.66. The van der Waals surface area contributed by atoms with E-state index in [-0.39, 0.29) is 18.6 Å². The van der Waals surface area contributed by atoms with Gasteiger partial charge in [0.25, 0.3) is 0 Å². The lowest BCUT2D eigenvalue weighted by Crippen LogP contribution is -2.20. The van der Waals surface area contributed by atoms with Crippen LogP contribution in [0.25, 0.3) is 0 Å². The van der Waals surface area contributed by atoms with Crippen molar-refractivity contribution in [3.8, 4) is 11.5 Å². The highest BCUT2D eigenvalue weighted by atomic mass is 16.7. The molecule has 0 aliphatic heterocycles. The van der Waals surface area contributed by atoms with Gasteiger partial charge in [0.05, 0.1) is 26.4 Å². The van der Waals surface area contributed by atoms with Crippen LogP contribution in [0.2, 0.25) is 0 Å². The Morgan fingerprint density at radius 1 is 0.683 bits per heavy atom. The minimum atomic E-state index is -0.844. The van der Waals surface area contributed by atoms with Gasteiger partial charge in [-0.05, 0) is 62.4 Å². The summed E-state index contributed by atoms with van der Waals surface area (Å²) < 4.78 is 32.4. The van der Waals surface area contributed by atoms with Crippen molar-refractivity contribution in [3.63, 3.8) is 0 Å². The average molecular weight is 573 g/mol. The van der Waals surface area contributed by atoms with Crippen molar-refractivity contribution >= 4 is 11.9 Å². The number of hydrogen-bond acceptors (Lipinski definition) is 10. The molecule has 10 nitrogen and oxygen atoms in total. The number of rotatable bonds is 18. The maximum absolute atomic E-state index is 11.1. The average Bonchev–Trinajstić information content (AvgIpc) is 2.92. The summed E-state index contributed by atoms with van der Waals surface area (Å²) in [5.41, 5.74) is 1.92. The highest BCUT2D eigenvalue weighted by Gasteiger charge is 2.23. The van der Waals surface area contributed by atoms with Crippen LogP contribution in [0.4, 0.5) is 0 Å². The first kappa shape index (κ1) is 33.2. The van der Waals surface area contributed by atoms with Crippen LogP contribution in [0.3, 0.4) is 0 Å². The summed E-state index contributed by atoms with van der Waals surface area (Å²) in [6, 6.07) is 15.6. The predicted molar refractivity (Wildman–Crippen MR) is 152 cm³/mol. The van der Waals surface area contributed by atoms with E-state index in [1.807, 2.05) is 48.5 Å². The summed E-state index contributed by atoms with van der Waals surface area (Å²) in [7, 11) is 0. The lowest BCUT2D eigenvalue weighted by Gasteiger charge is -2.27. The first-order valence-electron chi connectivity index (χ1n) is 13.3. The van der Waals surface area contributed by atoms with Crippen molar-refractivity contribution in [1.29, 1.82) is 0 Å². The molecule has 0 saturated carbocycles. The third kappa shape index (κ3) is 11.5. The van der Waals surface area contributed by atoms with Gasteiger partial charge in [0.15, 0.2) is 24.1 Å². The molecule has 0 saturated heterocycles. The van der Waals surface area contributed by atoms with Crippen LogP contribution in [0.1, 0.15) is 51.7 Å². The Kier molecular flexibility index (Phi) is 13.2. The van der Waals surface area contributed by atoms with Gasteiger partial charge in [-0.15, -0.1) is 0 Å². The van der Waals surface area contributed by atoms with Gasteiger partial charge in [-0.2, -0.15) is 0 Å². The van der Waals surface area contributed by atoms with Crippen LogP contribution in [0.15, 0.2) is 73.2 Å². The normalized spacial score (nSPS) is 12.6. The van der Waals surface area contributed by atoms with E-state index in [0.29, 0.717) is 37.6 Å². The molecule has 2 rings (SSSR count). The van der Waals surface area contributed by atoms with Crippen molar-refractivity contribution in [2.24, 2.45) is 0 Å². The fourth-order valence-corrected chi connectivity index (χ4v) is 3.63. The van der Waals surface area contributed by atoms with Crippen LogP contribution in [-0.4, -0.2) is 61.2 Å². The first-order chi connectivity index (χ1) is 19.4. The number of carbonyl (C=O) groups excluding carboxylic acids is 2. The fraction of sp³-hybridized carbons (Fsp3) is 0.419. The molecule has 0 aliphatic rings. The third-order valence-electron chi connectivity index (χ3n) is 5.98. The number of esters is 2. The third-order valence-corrected chi connectivity index (χ3v) is 5.98. The molecular formula is C31H40O10. The van der Waals surface area contributed by atoms with Crippen LogP contribution in [-0.2, 0) is 34.0 Å². The van der Waals surface area contributed by atoms with E-state index in [9.17, 15) is 9.59 Å². The zero-order chi connectivity index (χ0) is 30.4. The molecule has 0 aromatic heterocycles. The summed E-state index contributed by atoms with van der Waals surface area (Å²) in [5, 5.41) is 17.8. The SMILES string of the molecule is C=C(O)C(=O)OCCCOC(C)Oc1ccc(C(C)(C)c2ccc(OC(C)OCCCOC(=O)C(=C)O)cc2)cc1. The Balaban J connectivity index is 1.79. The van der Waals surface area contributed by atoms with Gasteiger partial charge < -0.3 is 38.6 Å². The second kappa shape index (κ2) is 16.3. The van der Waals surface area contributed by atoms with Crippen LogP contribution >= 0.6 is 0 Å². The minimum Gasteiger partial charge on any atom is -0.502 e. The standard InChI is InChI=1S/C31H40O10/c1-21(32)29(34)38-19-7-17-36-23(3)40-27-13-9-25(10-14-27)31(5,6)26-11-15-28(16-12-26)41-24(4)37-18-8-20-39-30(35)22(2)33/h9-16,23-24,32-33H,1-2,7-8,17-20H2,3-6H3. The largest absolute Gasteiger partial charge is 0.502 e. The number of hydrogen-bond donors (Lipinski definition) is 2. The van der Waals surface area contributed by atoms with Gasteiger partial charge in [0.2, 0.25) is 0 Å². The van der Waals surface area contributed by atoms with E-state index in [0.717, 1.165) is 11.1 Å². The number of ether oxygens (including phenoxy) is 6. The van der Waals surface area contributed by atoms with Crippen LogP contribution < -0.4 is 9.47 Å². The number of carbonyl (C=O) groups is 2. The quantitative estimate of drug-likeness (QED) is 0.0776. The monoisotopic (exact) mass is 572 g/mol. The molecule has 2 aromatic carbocycles. The summed E-state index contributed by atoms with van der Waals surface area (Å²) in [6.07, 6.45) is -0.0875. The van der Waals surface area contributed by atoms with Crippen molar-refractivity contribution in [3.05, 3.63) is 84.3 Å². The van der Waals surface area contributed by atoms with E-state index < -0.39 is 36.0 Å². The molecule has 2 atom stereocenters. The maximum Gasteiger partial charge on any atom is 0.372 e. The predicted octanol–water partition coefficient (Wildman–Crippen LogP) is 5.51. The molecule has 224 valence electrons. The Hall–Kier alpha value is -4.02. The van der Waals surface area contributed by atoms with Crippen molar-refractivity contribution in [2.75, 3.05) is 26.4 Å². The Morgan fingerprint density at radius 3 is 1.34 bits per heavy atom. The second-order valence-electron chi connectivity index (χ2n) is 9.66. The molecule has 0 spiro atoms. The summed E-state index contributed by atoms with van der Waals surface area (Å²) in [4.78, 5) is 22.3. The number of aliphatic hydroxyl groups excluding tert-OH is 2. The van der Waals surface area contributed by atoms with E-state index in [1.165, 1.54) is 0 Å². The zero-order valence-electron chi connectivity index (χ0n) is 24.1. The Morgan fingerprint density at radius 2 is 1.02 bits per heavy atom. The molecule has 2 aromatic rings. The number of benzene rings is 2. The number of aliphatic hydroxyl groups is 2. The summed E-state index contributed by atoms with van der Waals surface area (Å²) >= 11 is 0. The highest BCUT2D eigenvalue weighted by Crippen LogP contribution is 2.33. The van der Waals surface area contributed by atoms with Gasteiger partial charge in [0.1, 0.15) is 11.5 Å². The molecule has 0 amide bonds. The molecule has 10 heteroatoms. The van der Waals surface area contributed by atoms with Crippen molar-refractivity contribution in [2.45, 2.75) is 58.5 Å². The lowest BCUT2D eigenvalue weighted by atomic mass is 9.78. The van der Waals surface area contributed by atoms with Crippen molar-refractivity contribution in [1.82, 2.24) is 0 Å². The first-order valence-corrected chi connectivity index (χ1v) is 13.3. The topological polar surface area (TPSA) is 130 Å². The van der Waals surface area contributed by atoms with Gasteiger partial charge in [0, 0.05) is 18.3 Å². The molecule has 0 bridgehead atoms. The molecule has 0 aliphatic carbocycles. The Bertz CT molecular complexity index is 1050. The van der Waals surface area contributed by atoms with Crippen LogP contribution in [0, 0.1) is 0 Å². The van der Waals surface area contributed by atoms with Gasteiger partial charge in [-0.3, -0.25) is 0 Å². The van der Waals surface area contributed by atoms with Gasteiger partial charge >= 0.3 is 11.9 Å². The highest BCUT2D eigenvalue weighted by molar-refractivity contribution is 5.85. The molecule has 41 heavy (non-hydrogen) atoms. The van der Waals surface area contributed by atoms with Gasteiger partial charge in [-0.1, -0.05) is 38.1 Å². The van der Waals surface area contributed by atoms with E-state index >= 15 is 0 Å². The van der Waals surface area contributed by atoms with E-state index in [4.69, 9.17) is 38.6 Å².